The molecule has 0 bridgehead atoms. The molecular formula is C9H10N2S. The monoisotopic (exact) mass is 178 g/mol. The van der Waals surface area contributed by atoms with Crippen molar-refractivity contribution in [1.82, 2.24) is 9.97 Å². The number of hydrogen-bond acceptors (Lipinski definition) is 3. The minimum atomic E-state index is 0.910. The van der Waals surface area contributed by atoms with Gasteiger partial charge in [-0.3, -0.25) is 0 Å². The van der Waals surface area contributed by atoms with Gasteiger partial charge in [-0.15, -0.1) is 11.3 Å². The molecule has 2 rings (SSSR count). The number of rotatable bonds is 1. The van der Waals surface area contributed by atoms with Crippen molar-refractivity contribution in [1.29, 1.82) is 0 Å². The number of fused-ring (bicyclic) bond motifs is 1. The quantitative estimate of drug-likeness (QED) is 0.670. The summed E-state index contributed by atoms with van der Waals surface area (Å²) in [6.45, 7) is 4.17. The standard InChI is InChI=1S/C9H10N2S/c1-3-8-10-5-7-4-6(2)12-9(7)11-8/h4-5H,3H2,1-2H3. The Morgan fingerprint density at radius 2 is 2.33 bits per heavy atom. The summed E-state index contributed by atoms with van der Waals surface area (Å²) in [7, 11) is 0. The molecule has 0 spiro atoms. The van der Waals surface area contributed by atoms with Gasteiger partial charge in [-0.1, -0.05) is 6.92 Å². The highest BCUT2D eigenvalue weighted by atomic mass is 32.1. The van der Waals surface area contributed by atoms with Gasteiger partial charge in [0, 0.05) is 22.9 Å². The van der Waals surface area contributed by atoms with E-state index in [-0.39, 0.29) is 0 Å². The van der Waals surface area contributed by atoms with Crippen LogP contribution in [0.5, 0.6) is 0 Å². The lowest BCUT2D eigenvalue weighted by molar-refractivity contribution is 0.964. The molecule has 2 aromatic heterocycles. The van der Waals surface area contributed by atoms with Crippen LogP contribution in [-0.4, -0.2) is 9.97 Å². The molecule has 62 valence electrons. The number of nitrogens with zero attached hydrogens (tertiary/aromatic N) is 2. The highest BCUT2D eigenvalue weighted by Crippen LogP contribution is 2.21. The smallest absolute Gasteiger partial charge is 0.129 e. The Morgan fingerprint density at radius 3 is 3.08 bits per heavy atom. The molecule has 12 heavy (non-hydrogen) atoms. The summed E-state index contributed by atoms with van der Waals surface area (Å²) in [5.74, 6) is 0.935. The van der Waals surface area contributed by atoms with Crippen molar-refractivity contribution in [2.75, 3.05) is 0 Å². The van der Waals surface area contributed by atoms with Crippen LogP contribution in [0.25, 0.3) is 10.2 Å². The van der Waals surface area contributed by atoms with Crippen LogP contribution in [-0.2, 0) is 6.42 Å². The van der Waals surface area contributed by atoms with E-state index in [0.717, 1.165) is 22.5 Å². The number of hydrogen-bond donors (Lipinski definition) is 0. The topological polar surface area (TPSA) is 25.8 Å². The van der Waals surface area contributed by atoms with E-state index in [9.17, 15) is 0 Å². The Kier molecular flexibility index (Phi) is 1.81. The summed E-state index contributed by atoms with van der Waals surface area (Å²) in [4.78, 5) is 11.1. The molecule has 0 radical (unpaired) electrons. The Hall–Kier alpha value is -0.960. The second-order valence-electron chi connectivity index (χ2n) is 2.76. The van der Waals surface area contributed by atoms with Crippen LogP contribution in [0.4, 0.5) is 0 Å². The van der Waals surface area contributed by atoms with Gasteiger partial charge in [0.25, 0.3) is 0 Å². The fraction of sp³-hybridized carbons (Fsp3) is 0.333. The maximum atomic E-state index is 4.42. The Bertz CT molecular complexity index is 406. The highest BCUT2D eigenvalue weighted by Gasteiger charge is 2.00. The molecule has 0 amide bonds. The predicted octanol–water partition coefficient (Wildman–Crippen LogP) is 2.56. The SMILES string of the molecule is CCc1ncc2cc(C)sc2n1. The summed E-state index contributed by atoms with van der Waals surface area (Å²) >= 11 is 1.73. The summed E-state index contributed by atoms with van der Waals surface area (Å²) in [6.07, 6.45) is 2.82. The molecule has 0 saturated heterocycles. The van der Waals surface area contributed by atoms with E-state index in [2.05, 4.69) is 29.9 Å². The third kappa shape index (κ3) is 1.20. The van der Waals surface area contributed by atoms with Crippen LogP contribution in [0.15, 0.2) is 12.3 Å². The largest absolute Gasteiger partial charge is 0.241 e. The zero-order valence-electron chi connectivity index (χ0n) is 7.16. The molecule has 0 aliphatic carbocycles. The van der Waals surface area contributed by atoms with E-state index in [0.29, 0.717) is 0 Å². The van der Waals surface area contributed by atoms with Crippen LogP contribution in [0.3, 0.4) is 0 Å². The number of aromatic nitrogens is 2. The third-order valence-corrected chi connectivity index (χ3v) is 2.72. The van der Waals surface area contributed by atoms with Crippen LogP contribution in [0.1, 0.15) is 17.6 Å². The van der Waals surface area contributed by atoms with Gasteiger partial charge >= 0.3 is 0 Å². The van der Waals surface area contributed by atoms with Gasteiger partial charge in [-0.05, 0) is 13.0 Å². The van der Waals surface area contributed by atoms with E-state index in [1.54, 1.807) is 11.3 Å². The van der Waals surface area contributed by atoms with Crippen molar-refractivity contribution in [2.45, 2.75) is 20.3 Å². The van der Waals surface area contributed by atoms with Crippen LogP contribution in [0.2, 0.25) is 0 Å². The number of thiophene rings is 1. The van der Waals surface area contributed by atoms with Gasteiger partial charge in [-0.25, -0.2) is 9.97 Å². The van der Waals surface area contributed by atoms with Crippen molar-refractivity contribution in [2.24, 2.45) is 0 Å². The predicted molar refractivity (Wildman–Crippen MR) is 51.5 cm³/mol. The van der Waals surface area contributed by atoms with Crippen molar-refractivity contribution in [3.63, 3.8) is 0 Å². The maximum Gasteiger partial charge on any atom is 0.129 e. The van der Waals surface area contributed by atoms with Crippen molar-refractivity contribution in [3.8, 4) is 0 Å². The summed E-state index contributed by atoms with van der Waals surface area (Å²) < 4.78 is 0. The van der Waals surface area contributed by atoms with Crippen LogP contribution < -0.4 is 0 Å². The van der Waals surface area contributed by atoms with Crippen LogP contribution >= 0.6 is 11.3 Å². The minimum Gasteiger partial charge on any atom is -0.241 e. The van der Waals surface area contributed by atoms with Gasteiger partial charge in [-0.2, -0.15) is 0 Å². The van der Waals surface area contributed by atoms with E-state index in [1.807, 2.05) is 6.20 Å². The molecule has 0 fully saturated rings. The van der Waals surface area contributed by atoms with Crippen molar-refractivity contribution >= 4 is 21.6 Å². The third-order valence-electron chi connectivity index (χ3n) is 1.76. The normalized spacial score (nSPS) is 10.8. The molecule has 3 heteroatoms. The van der Waals surface area contributed by atoms with E-state index < -0.39 is 0 Å². The molecule has 2 nitrogen and oxygen atoms in total. The molecule has 0 aromatic carbocycles. The molecule has 0 aliphatic heterocycles. The maximum absolute atomic E-state index is 4.42. The molecular weight excluding hydrogens is 168 g/mol. The molecule has 0 unspecified atom stereocenters. The van der Waals surface area contributed by atoms with Gasteiger partial charge < -0.3 is 0 Å². The fourth-order valence-corrected chi connectivity index (χ4v) is 2.03. The number of aryl methyl sites for hydroxylation is 2. The average Bonchev–Trinajstić information content (AvgIpc) is 2.43. The first-order valence-corrected chi connectivity index (χ1v) is 4.83. The molecule has 2 aromatic rings. The van der Waals surface area contributed by atoms with Gasteiger partial charge in [0.1, 0.15) is 10.7 Å². The Labute approximate surface area is 75.3 Å². The second kappa shape index (κ2) is 2.83. The molecule has 2 heterocycles. The van der Waals surface area contributed by atoms with Crippen molar-refractivity contribution in [3.05, 3.63) is 23.0 Å². The summed E-state index contributed by atoms with van der Waals surface area (Å²) in [6, 6.07) is 2.12. The minimum absolute atomic E-state index is 0.910. The molecule has 0 saturated carbocycles. The van der Waals surface area contributed by atoms with E-state index >= 15 is 0 Å². The second-order valence-corrected chi connectivity index (χ2v) is 3.99. The van der Waals surface area contributed by atoms with Crippen molar-refractivity contribution < 1.29 is 0 Å². The molecule has 0 aliphatic rings. The lowest BCUT2D eigenvalue weighted by atomic mass is 10.3. The lowest BCUT2D eigenvalue weighted by Gasteiger charge is -1.92. The zero-order chi connectivity index (χ0) is 8.55. The summed E-state index contributed by atoms with van der Waals surface area (Å²) in [5, 5.41) is 1.16. The highest BCUT2D eigenvalue weighted by molar-refractivity contribution is 7.18. The zero-order valence-corrected chi connectivity index (χ0v) is 7.98. The average molecular weight is 178 g/mol. The Balaban J connectivity index is 2.66. The van der Waals surface area contributed by atoms with Gasteiger partial charge in [0.2, 0.25) is 0 Å². The van der Waals surface area contributed by atoms with Gasteiger partial charge in [0.05, 0.1) is 0 Å². The first-order valence-electron chi connectivity index (χ1n) is 4.01. The first-order chi connectivity index (χ1) is 5.79. The molecule has 0 N–H and O–H groups in total. The van der Waals surface area contributed by atoms with Gasteiger partial charge in [0.15, 0.2) is 0 Å². The molecule has 0 atom stereocenters. The fourth-order valence-electron chi connectivity index (χ4n) is 1.16. The Morgan fingerprint density at radius 1 is 1.50 bits per heavy atom. The first kappa shape index (κ1) is 7.68. The summed E-state index contributed by atoms with van der Waals surface area (Å²) in [5.41, 5.74) is 0. The lowest BCUT2D eigenvalue weighted by Crippen LogP contribution is -1.89. The van der Waals surface area contributed by atoms with E-state index in [4.69, 9.17) is 0 Å². The van der Waals surface area contributed by atoms with Crippen LogP contribution in [0, 0.1) is 6.92 Å². The van der Waals surface area contributed by atoms with E-state index in [1.165, 1.54) is 4.88 Å².